The number of nitrogens with zero attached hydrogens (tertiary/aromatic N) is 2. The highest BCUT2D eigenvalue weighted by molar-refractivity contribution is 5.30. The summed E-state index contributed by atoms with van der Waals surface area (Å²) in [5, 5.41) is 7.33. The van der Waals surface area contributed by atoms with Gasteiger partial charge in [0, 0.05) is 23.9 Å². The van der Waals surface area contributed by atoms with E-state index in [1.807, 2.05) is 30.9 Å². The molecular formula is C13H16FN3. The number of hydrogen-bond acceptors (Lipinski definition) is 2. The number of aromatic nitrogens is 2. The van der Waals surface area contributed by atoms with Crippen LogP contribution in [0.25, 0.3) is 0 Å². The van der Waals surface area contributed by atoms with Crippen molar-refractivity contribution in [3.05, 3.63) is 53.6 Å². The van der Waals surface area contributed by atoms with Crippen molar-refractivity contribution in [2.45, 2.75) is 19.5 Å². The Morgan fingerprint density at radius 1 is 1.41 bits per heavy atom. The summed E-state index contributed by atoms with van der Waals surface area (Å²) >= 11 is 0. The van der Waals surface area contributed by atoms with Crippen LogP contribution in [0.5, 0.6) is 0 Å². The van der Waals surface area contributed by atoms with Gasteiger partial charge in [0.05, 0.1) is 12.2 Å². The molecule has 0 aliphatic rings. The third kappa shape index (κ3) is 2.36. The van der Waals surface area contributed by atoms with Crippen LogP contribution >= 0.6 is 0 Å². The van der Waals surface area contributed by atoms with E-state index in [2.05, 4.69) is 10.4 Å². The highest BCUT2D eigenvalue weighted by Crippen LogP contribution is 2.23. The van der Waals surface area contributed by atoms with Gasteiger partial charge in [0.1, 0.15) is 5.82 Å². The first-order valence-electron chi connectivity index (χ1n) is 5.70. The van der Waals surface area contributed by atoms with Crippen molar-refractivity contribution < 1.29 is 4.39 Å². The van der Waals surface area contributed by atoms with Crippen molar-refractivity contribution in [2.24, 2.45) is 0 Å². The Kier molecular flexibility index (Phi) is 3.54. The molecule has 0 aliphatic heterocycles. The van der Waals surface area contributed by atoms with Gasteiger partial charge >= 0.3 is 0 Å². The van der Waals surface area contributed by atoms with Crippen molar-refractivity contribution in [3.8, 4) is 0 Å². The summed E-state index contributed by atoms with van der Waals surface area (Å²) in [6.45, 7) is 2.84. The van der Waals surface area contributed by atoms with Gasteiger partial charge in [-0.1, -0.05) is 18.2 Å². The van der Waals surface area contributed by atoms with E-state index in [4.69, 9.17) is 0 Å². The molecule has 0 bridgehead atoms. The van der Waals surface area contributed by atoms with Crippen LogP contribution in [-0.4, -0.2) is 16.8 Å². The largest absolute Gasteiger partial charge is 0.309 e. The molecule has 1 aromatic carbocycles. The topological polar surface area (TPSA) is 29.9 Å². The lowest BCUT2D eigenvalue weighted by Crippen LogP contribution is -2.18. The molecule has 0 radical (unpaired) electrons. The van der Waals surface area contributed by atoms with Crippen molar-refractivity contribution in [3.63, 3.8) is 0 Å². The molecule has 3 nitrogen and oxygen atoms in total. The lowest BCUT2D eigenvalue weighted by Gasteiger charge is -2.15. The van der Waals surface area contributed by atoms with Crippen molar-refractivity contribution in [2.75, 3.05) is 7.05 Å². The van der Waals surface area contributed by atoms with Gasteiger partial charge in [0.25, 0.3) is 0 Å². The summed E-state index contributed by atoms with van der Waals surface area (Å²) in [5.74, 6) is -0.198. The smallest absolute Gasteiger partial charge is 0.128 e. The molecule has 1 heterocycles. The maximum atomic E-state index is 13.7. The molecule has 1 atom stereocenters. The minimum absolute atomic E-state index is 0.156. The van der Waals surface area contributed by atoms with Crippen molar-refractivity contribution in [1.29, 1.82) is 0 Å². The van der Waals surface area contributed by atoms with E-state index < -0.39 is 0 Å². The van der Waals surface area contributed by atoms with E-state index in [-0.39, 0.29) is 11.9 Å². The molecule has 1 N–H and O–H groups in total. The van der Waals surface area contributed by atoms with E-state index in [9.17, 15) is 4.39 Å². The highest BCUT2D eigenvalue weighted by atomic mass is 19.1. The molecule has 2 rings (SSSR count). The summed E-state index contributed by atoms with van der Waals surface area (Å²) in [5.41, 5.74) is 1.62. The zero-order valence-corrected chi connectivity index (χ0v) is 10.0. The summed E-state index contributed by atoms with van der Waals surface area (Å²) in [6, 6.07) is 6.65. The van der Waals surface area contributed by atoms with Crippen LogP contribution in [0.2, 0.25) is 0 Å². The second-order valence-electron chi connectivity index (χ2n) is 3.87. The summed E-state index contributed by atoms with van der Waals surface area (Å²) in [7, 11) is 1.82. The molecular weight excluding hydrogens is 217 g/mol. The van der Waals surface area contributed by atoms with E-state index in [0.29, 0.717) is 5.56 Å². The first kappa shape index (κ1) is 11.8. The molecule has 2 aromatic rings. The molecule has 4 heteroatoms. The molecule has 1 unspecified atom stereocenters. The fourth-order valence-corrected chi connectivity index (χ4v) is 1.91. The Labute approximate surface area is 100 Å². The molecule has 17 heavy (non-hydrogen) atoms. The zero-order chi connectivity index (χ0) is 12.3. The lowest BCUT2D eigenvalue weighted by molar-refractivity contribution is 0.575. The van der Waals surface area contributed by atoms with Crippen LogP contribution in [-0.2, 0) is 6.54 Å². The molecule has 0 amide bonds. The molecule has 0 fully saturated rings. The summed E-state index contributed by atoms with van der Waals surface area (Å²) in [4.78, 5) is 0. The van der Waals surface area contributed by atoms with E-state index in [0.717, 1.165) is 12.1 Å². The van der Waals surface area contributed by atoms with Crippen molar-refractivity contribution >= 4 is 0 Å². The number of rotatable bonds is 4. The van der Waals surface area contributed by atoms with Crippen LogP contribution in [0.15, 0.2) is 36.7 Å². The van der Waals surface area contributed by atoms with Gasteiger partial charge in [-0.3, -0.25) is 4.68 Å². The molecule has 0 aliphatic carbocycles. The predicted molar refractivity (Wildman–Crippen MR) is 65.2 cm³/mol. The number of nitrogens with one attached hydrogen (secondary N) is 1. The van der Waals surface area contributed by atoms with Gasteiger partial charge in [-0.2, -0.15) is 5.10 Å². The van der Waals surface area contributed by atoms with E-state index in [1.54, 1.807) is 18.3 Å². The maximum absolute atomic E-state index is 13.7. The monoisotopic (exact) mass is 233 g/mol. The lowest BCUT2D eigenvalue weighted by atomic mass is 10.0. The fourth-order valence-electron chi connectivity index (χ4n) is 1.91. The Balaban J connectivity index is 2.36. The Hall–Kier alpha value is -1.68. The number of aryl methyl sites for hydroxylation is 1. The number of halogens is 1. The minimum Gasteiger partial charge on any atom is -0.309 e. The molecule has 90 valence electrons. The van der Waals surface area contributed by atoms with Crippen LogP contribution < -0.4 is 5.32 Å². The van der Waals surface area contributed by atoms with Crippen LogP contribution in [0.3, 0.4) is 0 Å². The van der Waals surface area contributed by atoms with Gasteiger partial charge in [0.15, 0.2) is 0 Å². The van der Waals surface area contributed by atoms with Crippen LogP contribution in [0.1, 0.15) is 24.1 Å². The Morgan fingerprint density at radius 3 is 2.76 bits per heavy atom. The standard InChI is InChI=1S/C13H16FN3/c1-3-17-9-10(8-16-17)13(15-2)11-6-4-5-7-12(11)14/h4-9,13,15H,3H2,1-2H3. The Morgan fingerprint density at radius 2 is 2.18 bits per heavy atom. The van der Waals surface area contributed by atoms with Gasteiger partial charge in [-0.05, 0) is 20.0 Å². The predicted octanol–water partition coefficient (Wildman–Crippen LogP) is 2.35. The minimum atomic E-state index is -0.198. The normalized spacial score (nSPS) is 12.6. The van der Waals surface area contributed by atoms with E-state index in [1.165, 1.54) is 6.07 Å². The third-order valence-corrected chi connectivity index (χ3v) is 2.82. The maximum Gasteiger partial charge on any atom is 0.128 e. The number of hydrogen-bond donors (Lipinski definition) is 1. The molecule has 0 saturated carbocycles. The van der Waals surface area contributed by atoms with E-state index >= 15 is 0 Å². The Bertz CT molecular complexity index is 493. The third-order valence-electron chi connectivity index (χ3n) is 2.82. The van der Waals surface area contributed by atoms with Gasteiger partial charge < -0.3 is 5.32 Å². The van der Waals surface area contributed by atoms with Crippen LogP contribution in [0, 0.1) is 5.82 Å². The quantitative estimate of drug-likeness (QED) is 0.878. The average Bonchev–Trinajstić information content (AvgIpc) is 2.81. The first-order valence-corrected chi connectivity index (χ1v) is 5.70. The molecule has 0 spiro atoms. The van der Waals surface area contributed by atoms with Gasteiger partial charge in [0.2, 0.25) is 0 Å². The second kappa shape index (κ2) is 5.10. The van der Waals surface area contributed by atoms with Gasteiger partial charge in [-0.25, -0.2) is 4.39 Å². The first-order chi connectivity index (χ1) is 8.26. The van der Waals surface area contributed by atoms with Crippen molar-refractivity contribution in [1.82, 2.24) is 15.1 Å². The summed E-state index contributed by atoms with van der Waals surface area (Å²) < 4.78 is 15.6. The summed E-state index contributed by atoms with van der Waals surface area (Å²) in [6.07, 6.45) is 3.71. The molecule has 1 aromatic heterocycles. The zero-order valence-electron chi connectivity index (χ0n) is 10.0. The fraction of sp³-hybridized carbons (Fsp3) is 0.308. The molecule has 0 saturated heterocycles. The average molecular weight is 233 g/mol. The highest BCUT2D eigenvalue weighted by Gasteiger charge is 2.16. The number of benzene rings is 1. The second-order valence-corrected chi connectivity index (χ2v) is 3.87. The SMILES string of the molecule is CCn1cc(C(NC)c2ccccc2F)cn1. The van der Waals surface area contributed by atoms with Crippen LogP contribution in [0.4, 0.5) is 4.39 Å². The van der Waals surface area contributed by atoms with Gasteiger partial charge in [-0.15, -0.1) is 0 Å².